The Kier molecular flexibility index (Phi) is 5.60. The van der Waals surface area contributed by atoms with Gasteiger partial charge in [0, 0.05) is 31.2 Å². The van der Waals surface area contributed by atoms with Crippen LogP contribution in [-0.2, 0) is 11.3 Å². The number of rotatable bonds is 4. The van der Waals surface area contributed by atoms with Gasteiger partial charge in [0.15, 0.2) is 5.11 Å². The number of thiocarbonyl (C=S) groups is 1. The molecule has 0 unspecified atom stereocenters. The first-order valence-electron chi connectivity index (χ1n) is 6.50. The predicted octanol–water partition coefficient (Wildman–Crippen LogP) is 2.93. The molecule has 1 saturated heterocycles. The number of halogens is 1. The van der Waals surface area contributed by atoms with Crippen molar-refractivity contribution in [2.24, 2.45) is 0 Å². The van der Waals surface area contributed by atoms with Gasteiger partial charge in [-0.15, -0.1) is 0 Å². The van der Waals surface area contributed by atoms with Crippen molar-refractivity contribution in [3.8, 4) is 0 Å². The fraction of sp³-hybridized carbons (Fsp3) is 0.500. The second kappa shape index (κ2) is 7.22. The highest BCUT2D eigenvalue weighted by atomic mass is 79.9. The minimum absolute atomic E-state index is 0.319. The van der Waals surface area contributed by atoms with Crippen LogP contribution in [0.3, 0.4) is 0 Å². The summed E-state index contributed by atoms with van der Waals surface area (Å²) in [5.74, 6) is 0. The van der Waals surface area contributed by atoms with E-state index in [0.717, 1.165) is 42.1 Å². The van der Waals surface area contributed by atoms with Crippen molar-refractivity contribution < 1.29 is 4.74 Å². The monoisotopic (exact) mass is 342 g/mol. The van der Waals surface area contributed by atoms with Crippen molar-refractivity contribution >= 4 is 33.3 Å². The largest absolute Gasteiger partial charge is 0.376 e. The number of ether oxygens (including phenoxy) is 1. The van der Waals surface area contributed by atoms with Gasteiger partial charge in [-0.05, 0) is 42.8 Å². The fourth-order valence-electron chi connectivity index (χ4n) is 2.08. The van der Waals surface area contributed by atoms with E-state index in [9.17, 15) is 0 Å². The molecule has 1 fully saturated rings. The van der Waals surface area contributed by atoms with Gasteiger partial charge in [0.25, 0.3) is 0 Å². The van der Waals surface area contributed by atoms with E-state index in [-0.39, 0.29) is 0 Å². The minimum Gasteiger partial charge on any atom is -0.376 e. The van der Waals surface area contributed by atoms with Crippen molar-refractivity contribution in [1.82, 2.24) is 10.2 Å². The molecule has 0 aromatic heterocycles. The highest BCUT2D eigenvalue weighted by molar-refractivity contribution is 9.10. The van der Waals surface area contributed by atoms with E-state index >= 15 is 0 Å². The molecule has 2 rings (SSSR count). The molecule has 0 bridgehead atoms. The summed E-state index contributed by atoms with van der Waals surface area (Å²) in [6.45, 7) is 2.50. The van der Waals surface area contributed by atoms with Crippen LogP contribution in [0, 0.1) is 0 Å². The molecule has 1 aliphatic heterocycles. The van der Waals surface area contributed by atoms with Gasteiger partial charge in [-0.2, -0.15) is 0 Å². The van der Waals surface area contributed by atoms with Crippen LogP contribution in [0.5, 0.6) is 0 Å². The van der Waals surface area contributed by atoms with Gasteiger partial charge in [0.05, 0.1) is 6.10 Å². The maximum absolute atomic E-state index is 5.57. The predicted molar refractivity (Wildman–Crippen MR) is 85.2 cm³/mol. The van der Waals surface area contributed by atoms with Gasteiger partial charge in [0.2, 0.25) is 0 Å². The second-order valence-corrected chi connectivity index (χ2v) is 6.11. The molecule has 0 spiro atoms. The van der Waals surface area contributed by atoms with E-state index in [1.807, 2.05) is 24.1 Å². The first kappa shape index (κ1) is 14.8. The Morgan fingerprint density at radius 1 is 1.47 bits per heavy atom. The molecule has 1 aromatic carbocycles. The van der Waals surface area contributed by atoms with Gasteiger partial charge >= 0.3 is 0 Å². The zero-order valence-corrected chi connectivity index (χ0v) is 13.5. The molecule has 1 aliphatic rings. The molecule has 19 heavy (non-hydrogen) atoms. The van der Waals surface area contributed by atoms with Crippen LogP contribution in [0.15, 0.2) is 28.7 Å². The topological polar surface area (TPSA) is 24.5 Å². The van der Waals surface area contributed by atoms with Crippen LogP contribution in [0.4, 0.5) is 0 Å². The highest BCUT2D eigenvalue weighted by Crippen LogP contribution is 2.12. The van der Waals surface area contributed by atoms with E-state index in [0.29, 0.717) is 6.10 Å². The molecule has 3 nitrogen and oxygen atoms in total. The SMILES string of the molecule is CN(Cc1ccc(Br)cc1)C(=S)NC[C@H]1CCCO1. The lowest BCUT2D eigenvalue weighted by molar-refractivity contribution is 0.113. The minimum atomic E-state index is 0.319. The molecule has 0 radical (unpaired) electrons. The molecule has 1 atom stereocenters. The van der Waals surface area contributed by atoms with Crippen molar-refractivity contribution in [3.63, 3.8) is 0 Å². The Morgan fingerprint density at radius 3 is 2.84 bits per heavy atom. The maximum atomic E-state index is 5.57. The van der Waals surface area contributed by atoms with Crippen LogP contribution in [0.1, 0.15) is 18.4 Å². The first-order chi connectivity index (χ1) is 9.15. The maximum Gasteiger partial charge on any atom is 0.169 e. The zero-order chi connectivity index (χ0) is 13.7. The molecule has 1 aromatic rings. The van der Waals surface area contributed by atoms with Crippen LogP contribution in [-0.4, -0.2) is 36.3 Å². The molecule has 104 valence electrons. The van der Waals surface area contributed by atoms with E-state index in [1.54, 1.807) is 0 Å². The lowest BCUT2D eigenvalue weighted by atomic mass is 10.2. The number of hydrogen-bond acceptors (Lipinski definition) is 2. The van der Waals surface area contributed by atoms with Crippen molar-refractivity contribution in [3.05, 3.63) is 34.3 Å². The molecular formula is C14H19BrN2OS. The normalized spacial score (nSPS) is 18.3. The number of nitrogens with one attached hydrogen (secondary N) is 1. The quantitative estimate of drug-likeness (QED) is 0.850. The van der Waals surface area contributed by atoms with Crippen LogP contribution in [0.25, 0.3) is 0 Å². The highest BCUT2D eigenvalue weighted by Gasteiger charge is 2.16. The lowest BCUT2D eigenvalue weighted by Gasteiger charge is -2.22. The zero-order valence-electron chi connectivity index (χ0n) is 11.1. The Morgan fingerprint density at radius 2 is 2.21 bits per heavy atom. The molecule has 0 saturated carbocycles. The van der Waals surface area contributed by atoms with Gasteiger partial charge in [0.1, 0.15) is 0 Å². The lowest BCUT2D eigenvalue weighted by Crippen LogP contribution is -2.40. The Balaban J connectivity index is 1.76. The van der Waals surface area contributed by atoms with Crippen LogP contribution in [0.2, 0.25) is 0 Å². The number of hydrogen-bond donors (Lipinski definition) is 1. The van der Waals surface area contributed by atoms with Gasteiger partial charge in [-0.25, -0.2) is 0 Å². The van der Waals surface area contributed by atoms with Crippen molar-refractivity contribution in [1.29, 1.82) is 0 Å². The van der Waals surface area contributed by atoms with Crippen LogP contribution >= 0.6 is 28.1 Å². The Hall–Kier alpha value is -0.650. The molecular weight excluding hydrogens is 324 g/mol. The first-order valence-corrected chi connectivity index (χ1v) is 7.70. The average Bonchev–Trinajstić information content (AvgIpc) is 2.91. The van der Waals surface area contributed by atoms with Gasteiger partial charge in [-0.1, -0.05) is 28.1 Å². The summed E-state index contributed by atoms with van der Waals surface area (Å²) in [7, 11) is 2.01. The Labute approximate surface area is 128 Å². The van der Waals surface area contributed by atoms with E-state index in [2.05, 4.69) is 33.4 Å². The second-order valence-electron chi connectivity index (χ2n) is 4.80. The molecule has 1 N–H and O–H groups in total. The standard InChI is InChI=1S/C14H19BrN2OS/c1-17(10-11-4-6-12(15)7-5-11)14(19)16-9-13-3-2-8-18-13/h4-7,13H,2-3,8-10H2,1H3,(H,16,19)/t13-/m1/s1. The summed E-state index contributed by atoms with van der Waals surface area (Å²) in [6, 6.07) is 8.30. The third kappa shape index (κ3) is 4.75. The van der Waals surface area contributed by atoms with E-state index in [1.165, 1.54) is 5.56 Å². The smallest absolute Gasteiger partial charge is 0.169 e. The van der Waals surface area contributed by atoms with Gasteiger partial charge in [-0.3, -0.25) is 0 Å². The summed E-state index contributed by atoms with van der Waals surface area (Å²) in [4.78, 5) is 2.05. The number of nitrogens with zero attached hydrogens (tertiary/aromatic N) is 1. The van der Waals surface area contributed by atoms with Gasteiger partial charge < -0.3 is 15.0 Å². The summed E-state index contributed by atoms with van der Waals surface area (Å²) in [5.41, 5.74) is 1.24. The van der Waals surface area contributed by atoms with Crippen molar-refractivity contribution in [2.45, 2.75) is 25.5 Å². The molecule has 0 amide bonds. The third-order valence-electron chi connectivity index (χ3n) is 3.18. The summed E-state index contributed by atoms with van der Waals surface area (Å²) in [6.07, 6.45) is 2.61. The summed E-state index contributed by atoms with van der Waals surface area (Å²) in [5, 5.41) is 4.06. The molecule has 5 heteroatoms. The van der Waals surface area contributed by atoms with E-state index < -0.39 is 0 Å². The molecule has 1 heterocycles. The van der Waals surface area contributed by atoms with Crippen LogP contribution < -0.4 is 5.32 Å². The molecule has 0 aliphatic carbocycles. The van der Waals surface area contributed by atoms with E-state index in [4.69, 9.17) is 17.0 Å². The fourth-order valence-corrected chi connectivity index (χ4v) is 2.49. The summed E-state index contributed by atoms with van der Waals surface area (Å²) >= 11 is 8.82. The van der Waals surface area contributed by atoms with Crippen molar-refractivity contribution in [2.75, 3.05) is 20.2 Å². The average molecular weight is 343 g/mol. The Bertz CT molecular complexity index is 418. The summed E-state index contributed by atoms with van der Waals surface area (Å²) < 4.78 is 6.66. The number of benzene rings is 1. The third-order valence-corrected chi connectivity index (χ3v) is 4.17.